The predicted molar refractivity (Wildman–Crippen MR) is 88.3 cm³/mol. The van der Waals surface area contributed by atoms with Crippen molar-refractivity contribution in [1.82, 2.24) is 10.2 Å². The van der Waals surface area contributed by atoms with E-state index in [0.29, 0.717) is 16.4 Å². The van der Waals surface area contributed by atoms with Crippen LogP contribution in [0.5, 0.6) is 0 Å². The second kappa shape index (κ2) is 6.32. The summed E-state index contributed by atoms with van der Waals surface area (Å²) in [6, 6.07) is 7.64. The van der Waals surface area contributed by atoms with E-state index >= 15 is 0 Å². The van der Waals surface area contributed by atoms with Crippen molar-refractivity contribution in [2.24, 2.45) is 0 Å². The van der Waals surface area contributed by atoms with Crippen LogP contribution < -0.4 is 5.32 Å². The Bertz CT molecular complexity index is 652. The number of nitrogens with zero attached hydrogens (tertiary/aromatic N) is 1. The van der Waals surface area contributed by atoms with Crippen molar-refractivity contribution in [2.45, 2.75) is 12.5 Å². The van der Waals surface area contributed by atoms with Crippen LogP contribution in [0, 0.1) is 0 Å². The predicted octanol–water partition coefficient (Wildman–Crippen LogP) is 2.60. The summed E-state index contributed by atoms with van der Waals surface area (Å²) >= 11 is 7.63. The minimum Gasteiger partial charge on any atom is -0.387 e. The van der Waals surface area contributed by atoms with Gasteiger partial charge in [-0.15, -0.1) is 11.3 Å². The van der Waals surface area contributed by atoms with Gasteiger partial charge in [0, 0.05) is 23.2 Å². The van der Waals surface area contributed by atoms with Gasteiger partial charge in [-0.1, -0.05) is 29.8 Å². The Morgan fingerprint density at radius 3 is 2.71 bits per heavy atom. The summed E-state index contributed by atoms with van der Waals surface area (Å²) < 4.78 is 0.979. The average Bonchev–Trinajstić information content (AvgIpc) is 2.73. The normalized spacial score (nSPS) is 14.4. The van der Waals surface area contributed by atoms with Crippen LogP contribution in [0.15, 0.2) is 24.3 Å². The fourth-order valence-corrected chi connectivity index (χ4v) is 3.68. The molecule has 1 unspecified atom stereocenters. The Morgan fingerprint density at radius 2 is 2.10 bits per heavy atom. The van der Waals surface area contributed by atoms with Crippen LogP contribution in [0.3, 0.4) is 0 Å². The largest absolute Gasteiger partial charge is 0.387 e. The van der Waals surface area contributed by atoms with Gasteiger partial charge in [0.1, 0.15) is 4.88 Å². The van der Waals surface area contributed by atoms with Crippen LogP contribution in [-0.4, -0.2) is 48.7 Å². The quantitative estimate of drug-likeness (QED) is 0.888. The molecule has 2 aromatic rings. The highest BCUT2D eigenvalue weighted by atomic mass is 35.5. The Labute approximate surface area is 133 Å². The number of thiophene rings is 1. The molecular weight excluding hydrogens is 308 g/mol. The van der Waals surface area contributed by atoms with Crippen molar-refractivity contribution >= 4 is 38.9 Å². The molecule has 4 nitrogen and oxygen atoms in total. The lowest BCUT2D eigenvalue weighted by atomic mass is 10.1. The fourth-order valence-electron chi connectivity index (χ4n) is 2.25. The molecule has 0 aliphatic carbocycles. The molecule has 114 valence electrons. The first-order valence-electron chi connectivity index (χ1n) is 6.62. The highest BCUT2D eigenvalue weighted by Gasteiger charge is 2.24. The second-order valence-electron chi connectivity index (χ2n) is 5.66. The molecule has 1 atom stereocenters. The first-order chi connectivity index (χ1) is 9.80. The number of benzene rings is 1. The molecule has 1 amide bonds. The molecule has 2 rings (SSSR count). The molecule has 0 radical (unpaired) electrons. The van der Waals surface area contributed by atoms with Crippen molar-refractivity contribution in [2.75, 3.05) is 27.2 Å². The third kappa shape index (κ3) is 3.95. The van der Waals surface area contributed by atoms with Gasteiger partial charge in [-0.05, 0) is 27.1 Å². The number of carbonyl (C=O) groups is 1. The third-order valence-electron chi connectivity index (χ3n) is 3.03. The minimum absolute atomic E-state index is 0.175. The van der Waals surface area contributed by atoms with E-state index in [4.69, 9.17) is 11.6 Å². The number of nitrogens with one attached hydrogen (secondary N) is 1. The number of rotatable bonds is 5. The lowest BCUT2D eigenvalue weighted by Crippen LogP contribution is -2.47. The molecule has 1 heterocycles. The molecule has 0 saturated carbocycles. The summed E-state index contributed by atoms with van der Waals surface area (Å²) in [7, 11) is 3.75. The maximum atomic E-state index is 12.3. The molecule has 0 aliphatic heterocycles. The Hall–Kier alpha value is -1.14. The summed E-state index contributed by atoms with van der Waals surface area (Å²) in [4.78, 5) is 14.6. The molecule has 21 heavy (non-hydrogen) atoms. The number of amides is 1. The van der Waals surface area contributed by atoms with E-state index in [9.17, 15) is 9.90 Å². The zero-order chi connectivity index (χ0) is 15.6. The Morgan fingerprint density at radius 1 is 1.43 bits per heavy atom. The molecule has 6 heteroatoms. The van der Waals surface area contributed by atoms with Gasteiger partial charge >= 0.3 is 0 Å². The summed E-state index contributed by atoms with van der Waals surface area (Å²) in [6.07, 6.45) is 0. The zero-order valence-electron chi connectivity index (χ0n) is 12.3. The van der Waals surface area contributed by atoms with E-state index in [0.717, 1.165) is 10.1 Å². The number of likely N-dealkylation sites (N-methyl/N-ethyl adjacent to an activating group) is 1. The van der Waals surface area contributed by atoms with Gasteiger partial charge in [-0.2, -0.15) is 0 Å². The van der Waals surface area contributed by atoms with Gasteiger partial charge in [0.2, 0.25) is 0 Å². The lowest BCUT2D eigenvalue weighted by Gasteiger charge is -2.26. The highest BCUT2D eigenvalue weighted by Crippen LogP contribution is 2.34. The first-order valence-corrected chi connectivity index (χ1v) is 7.82. The van der Waals surface area contributed by atoms with E-state index in [1.54, 1.807) is 6.92 Å². The SMILES string of the molecule is CN(C)CC(C)(O)CNC(=O)c1sc2ccccc2c1Cl. The van der Waals surface area contributed by atoms with E-state index in [1.165, 1.54) is 11.3 Å². The zero-order valence-corrected chi connectivity index (χ0v) is 13.9. The summed E-state index contributed by atoms with van der Waals surface area (Å²) in [5, 5.41) is 14.3. The Balaban J connectivity index is 2.11. The van der Waals surface area contributed by atoms with Crippen LogP contribution in [0.4, 0.5) is 0 Å². The number of carbonyl (C=O) groups excluding carboxylic acids is 1. The number of aliphatic hydroxyl groups is 1. The summed E-state index contributed by atoms with van der Waals surface area (Å²) in [5.74, 6) is -0.250. The number of hydrogen-bond acceptors (Lipinski definition) is 4. The van der Waals surface area contributed by atoms with Crippen molar-refractivity contribution in [3.63, 3.8) is 0 Å². The van der Waals surface area contributed by atoms with Crippen molar-refractivity contribution in [3.8, 4) is 0 Å². The maximum absolute atomic E-state index is 12.3. The number of hydrogen-bond donors (Lipinski definition) is 2. The summed E-state index contributed by atoms with van der Waals surface area (Å²) in [6.45, 7) is 2.34. The van der Waals surface area contributed by atoms with Gasteiger partial charge in [0.15, 0.2) is 0 Å². The number of fused-ring (bicyclic) bond motifs is 1. The van der Waals surface area contributed by atoms with Gasteiger partial charge in [-0.3, -0.25) is 4.79 Å². The van der Waals surface area contributed by atoms with Gasteiger partial charge in [0.25, 0.3) is 5.91 Å². The fraction of sp³-hybridized carbons (Fsp3) is 0.400. The van der Waals surface area contributed by atoms with Crippen LogP contribution in [0.1, 0.15) is 16.6 Å². The standard InChI is InChI=1S/C15H19ClN2O2S/c1-15(20,9-18(2)3)8-17-14(19)13-12(16)10-6-4-5-7-11(10)21-13/h4-7,20H,8-9H2,1-3H3,(H,17,19). The third-order valence-corrected chi connectivity index (χ3v) is 4.70. The smallest absolute Gasteiger partial charge is 0.263 e. The van der Waals surface area contributed by atoms with Crippen LogP contribution in [0.25, 0.3) is 10.1 Å². The molecule has 0 bridgehead atoms. The van der Waals surface area contributed by atoms with Crippen LogP contribution in [0.2, 0.25) is 5.02 Å². The lowest BCUT2D eigenvalue weighted by molar-refractivity contribution is 0.0326. The monoisotopic (exact) mass is 326 g/mol. The molecule has 1 aromatic carbocycles. The molecule has 0 spiro atoms. The van der Waals surface area contributed by atoms with Crippen molar-refractivity contribution < 1.29 is 9.90 Å². The van der Waals surface area contributed by atoms with Crippen LogP contribution in [-0.2, 0) is 0 Å². The van der Waals surface area contributed by atoms with Crippen molar-refractivity contribution in [1.29, 1.82) is 0 Å². The minimum atomic E-state index is -0.984. The van der Waals surface area contributed by atoms with E-state index in [1.807, 2.05) is 43.3 Å². The molecular formula is C15H19ClN2O2S. The van der Waals surface area contributed by atoms with Crippen LogP contribution >= 0.6 is 22.9 Å². The molecule has 2 N–H and O–H groups in total. The second-order valence-corrected chi connectivity index (χ2v) is 7.09. The highest BCUT2D eigenvalue weighted by molar-refractivity contribution is 7.21. The Kier molecular flexibility index (Phi) is 4.88. The summed E-state index contributed by atoms with van der Waals surface area (Å²) in [5.41, 5.74) is -0.984. The van der Waals surface area contributed by atoms with Gasteiger partial charge in [-0.25, -0.2) is 0 Å². The topological polar surface area (TPSA) is 52.6 Å². The molecule has 1 aromatic heterocycles. The van der Waals surface area contributed by atoms with E-state index in [2.05, 4.69) is 5.32 Å². The molecule has 0 fully saturated rings. The van der Waals surface area contributed by atoms with E-state index in [-0.39, 0.29) is 12.5 Å². The number of halogens is 1. The first kappa shape index (κ1) is 16.2. The molecule has 0 aliphatic rings. The van der Waals surface area contributed by atoms with Gasteiger partial charge in [0.05, 0.1) is 10.6 Å². The van der Waals surface area contributed by atoms with Crippen molar-refractivity contribution in [3.05, 3.63) is 34.2 Å². The molecule has 0 saturated heterocycles. The average molecular weight is 327 g/mol. The van der Waals surface area contributed by atoms with E-state index < -0.39 is 5.60 Å². The van der Waals surface area contributed by atoms with Gasteiger partial charge < -0.3 is 15.3 Å². The maximum Gasteiger partial charge on any atom is 0.263 e.